The summed E-state index contributed by atoms with van der Waals surface area (Å²) in [6.07, 6.45) is 2.95. The van der Waals surface area contributed by atoms with Crippen LogP contribution in [0.15, 0.2) is 0 Å². The van der Waals surface area contributed by atoms with E-state index in [1.165, 1.54) is 7.11 Å². The fourth-order valence-electron chi connectivity index (χ4n) is 1.06. The fraction of sp³-hybridized carbons (Fsp3) is 0.889. The van der Waals surface area contributed by atoms with Crippen LogP contribution in [0.25, 0.3) is 0 Å². The molecule has 0 fully saturated rings. The highest BCUT2D eigenvalue weighted by molar-refractivity contribution is 5.69. The Balaban J connectivity index is 3.80. The van der Waals surface area contributed by atoms with E-state index in [0.717, 1.165) is 12.8 Å². The van der Waals surface area contributed by atoms with Gasteiger partial charge in [-0.15, -0.1) is 0 Å². The van der Waals surface area contributed by atoms with E-state index in [1.807, 2.05) is 13.8 Å². The first-order chi connectivity index (χ1) is 5.58. The van der Waals surface area contributed by atoms with Crippen molar-refractivity contribution >= 4 is 5.97 Å². The first-order valence-corrected chi connectivity index (χ1v) is 4.43. The highest BCUT2D eigenvalue weighted by Gasteiger charge is 2.21. The topological polar surface area (TPSA) is 52.3 Å². The fourth-order valence-corrected chi connectivity index (χ4v) is 1.06. The summed E-state index contributed by atoms with van der Waals surface area (Å²) in [5.74, 6) is -0.174. The van der Waals surface area contributed by atoms with Gasteiger partial charge in [0.25, 0.3) is 0 Å². The number of nitrogens with two attached hydrogens (primary N) is 1. The average molecular weight is 173 g/mol. The summed E-state index contributed by atoms with van der Waals surface area (Å²) in [6, 6.07) is 0. The molecule has 0 spiro atoms. The summed E-state index contributed by atoms with van der Waals surface area (Å²) >= 11 is 0. The van der Waals surface area contributed by atoms with Crippen LogP contribution in [0.2, 0.25) is 0 Å². The lowest BCUT2D eigenvalue weighted by Crippen LogP contribution is -2.38. The molecule has 0 bridgehead atoms. The molecule has 0 atom stereocenters. The molecule has 0 aromatic heterocycles. The van der Waals surface area contributed by atoms with Crippen molar-refractivity contribution in [3.8, 4) is 0 Å². The van der Waals surface area contributed by atoms with E-state index in [2.05, 4.69) is 4.74 Å². The molecule has 0 aromatic rings. The lowest BCUT2D eigenvalue weighted by molar-refractivity contribution is -0.141. The quantitative estimate of drug-likeness (QED) is 0.640. The van der Waals surface area contributed by atoms with Crippen LogP contribution in [0.5, 0.6) is 0 Å². The number of ether oxygens (including phenoxy) is 1. The van der Waals surface area contributed by atoms with Crippen LogP contribution >= 0.6 is 0 Å². The molecule has 0 aliphatic heterocycles. The largest absolute Gasteiger partial charge is 0.469 e. The molecule has 0 aromatic carbocycles. The van der Waals surface area contributed by atoms with Crippen LogP contribution in [0, 0.1) is 0 Å². The standard InChI is InChI=1S/C9H19NO2/c1-4-9(10,5-2)7-6-8(11)12-3/h4-7,10H2,1-3H3. The van der Waals surface area contributed by atoms with Crippen LogP contribution in [0.3, 0.4) is 0 Å². The number of carbonyl (C=O) groups excluding carboxylic acids is 1. The number of esters is 1. The summed E-state index contributed by atoms with van der Waals surface area (Å²) in [5, 5.41) is 0. The van der Waals surface area contributed by atoms with Gasteiger partial charge in [-0.2, -0.15) is 0 Å². The van der Waals surface area contributed by atoms with Crippen molar-refractivity contribution in [2.24, 2.45) is 5.73 Å². The van der Waals surface area contributed by atoms with E-state index in [1.54, 1.807) is 0 Å². The van der Waals surface area contributed by atoms with Crippen molar-refractivity contribution in [3.63, 3.8) is 0 Å². The Labute approximate surface area is 74.3 Å². The van der Waals surface area contributed by atoms with Crippen LogP contribution < -0.4 is 5.73 Å². The van der Waals surface area contributed by atoms with E-state index in [0.29, 0.717) is 12.8 Å². The number of methoxy groups -OCH3 is 1. The van der Waals surface area contributed by atoms with Gasteiger partial charge in [-0.25, -0.2) is 0 Å². The van der Waals surface area contributed by atoms with E-state index >= 15 is 0 Å². The lowest BCUT2D eigenvalue weighted by Gasteiger charge is -2.25. The Morgan fingerprint density at radius 2 is 1.92 bits per heavy atom. The third kappa shape index (κ3) is 3.72. The predicted octanol–water partition coefficient (Wildman–Crippen LogP) is 1.46. The minimum Gasteiger partial charge on any atom is -0.469 e. The van der Waals surface area contributed by atoms with Gasteiger partial charge in [0.2, 0.25) is 0 Å². The molecule has 0 aliphatic rings. The second-order valence-electron chi connectivity index (χ2n) is 3.15. The molecular weight excluding hydrogens is 154 g/mol. The van der Waals surface area contributed by atoms with Gasteiger partial charge in [0, 0.05) is 12.0 Å². The summed E-state index contributed by atoms with van der Waals surface area (Å²) in [5.41, 5.74) is 5.81. The minimum absolute atomic E-state index is 0.174. The molecule has 3 heteroatoms. The first-order valence-electron chi connectivity index (χ1n) is 4.43. The molecule has 0 aliphatic carbocycles. The molecule has 0 saturated carbocycles. The monoisotopic (exact) mass is 173 g/mol. The summed E-state index contributed by atoms with van der Waals surface area (Å²) in [4.78, 5) is 10.8. The minimum atomic E-state index is -0.186. The number of carbonyl (C=O) groups is 1. The van der Waals surface area contributed by atoms with Crippen molar-refractivity contribution in [3.05, 3.63) is 0 Å². The van der Waals surface area contributed by atoms with Crippen LogP contribution in [-0.2, 0) is 9.53 Å². The van der Waals surface area contributed by atoms with Crippen LogP contribution in [0.4, 0.5) is 0 Å². The van der Waals surface area contributed by atoms with Crippen molar-refractivity contribution in [1.82, 2.24) is 0 Å². The van der Waals surface area contributed by atoms with Gasteiger partial charge in [0.05, 0.1) is 7.11 Å². The Bertz CT molecular complexity index is 141. The van der Waals surface area contributed by atoms with Gasteiger partial charge in [0.1, 0.15) is 0 Å². The zero-order valence-electron chi connectivity index (χ0n) is 8.22. The summed E-state index contributed by atoms with van der Waals surface area (Å²) in [7, 11) is 1.40. The predicted molar refractivity (Wildman–Crippen MR) is 48.8 cm³/mol. The third-order valence-corrected chi connectivity index (χ3v) is 2.46. The Morgan fingerprint density at radius 1 is 1.42 bits per heavy atom. The Hall–Kier alpha value is -0.570. The van der Waals surface area contributed by atoms with Crippen LogP contribution in [-0.4, -0.2) is 18.6 Å². The van der Waals surface area contributed by atoms with Gasteiger partial charge in [-0.3, -0.25) is 4.79 Å². The molecular formula is C9H19NO2. The maximum atomic E-state index is 10.8. The summed E-state index contributed by atoms with van der Waals surface area (Å²) in [6.45, 7) is 4.08. The van der Waals surface area contributed by atoms with Gasteiger partial charge in [0.15, 0.2) is 0 Å². The smallest absolute Gasteiger partial charge is 0.305 e. The van der Waals surface area contributed by atoms with E-state index in [9.17, 15) is 4.79 Å². The van der Waals surface area contributed by atoms with Crippen LogP contribution in [0.1, 0.15) is 39.5 Å². The zero-order valence-corrected chi connectivity index (χ0v) is 8.22. The average Bonchev–Trinajstić information content (AvgIpc) is 2.13. The number of rotatable bonds is 5. The molecule has 0 amide bonds. The van der Waals surface area contributed by atoms with Gasteiger partial charge >= 0.3 is 5.97 Å². The first kappa shape index (κ1) is 11.4. The maximum absolute atomic E-state index is 10.8. The zero-order chi connectivity index (χ0) is 9.61. The normalized spacial score (nSPS) is 11.3. The second kappa shape index (κ2) is 5.14. The molecule has 72 valence electrons. The summed E-state index contributed by atoms with van der Waals surface area (Å²) < 4.78 is 4.54. The van der Waals surface area contributed by atoms with E-state index < -0.39 is 0 Å². The van der Waals surface area contributed by atoms with Gasteiger partial charge in [-0.1, -0.05) is 13.8 Å². The molecule has 0 heterocycles. The van der Waals surface area contributed by atoms with Crippen molar-refractivity contribution in [2.75, 3.05) is 7.11 Å². The van der Waals surface area contributed by atoms with Crippen molar-refractivity contribution < 1.29 is 9.53 Å². The van der Waals surface area contributed by atoms with E-state index in [-0.39, 0.29) is 11.5 Å². The second-order valence-corrected chi connectivity index (χ2v) is 3.15. The molecule has 0 rings (SSSR count). The molecule has 0 unspecified atom stereocenters. The number of hydrogen-bond acceptors (Lipinski definition) is 3. The molecule has 0 radical (unpaired) electrons. The highest BCUT2D eigenvalue weighted by Crippen LogP contribution is 2.17. The van der Waals surface area contributed by atoms with E-state index in [4.69, 9.17) is 5.73 Å². The Kier molecular flexibility index (Phi) is 4.90. The van der Waals surface area contributed by atoms with Gasteiger partial charge < -0.3 is 10.5 Å². The number of hydrogen-bond donors (Lipinski definition) is 1. The van der Waals surface area contributed by atoms with Crippen molar-refractivity contribution in [2.45, 2.75) is 45.1 Å². The molecule has 12 heavy (non-hydrogen) atoms. The van der Waals surface area contributed by atoms with Gasteiger partial charge in [-0.05, 0) is 19.3 Å². The maximum Gasteiger partial charge on any atom is 0.305 e. The lowest BCUT2D eigenvalue weighted by atomic mass is 9.89. The molecule has 3 nitrogen and oxygen atoms in total. The molecule has 0 saturated heterocycles. The highest BCUT2D eigenvalue weighted by atomic mass is 16.5. The van der Waals surface area contributed by atoms with Crippen molar-refractivity contribution in [1.29, 1.82) is 0 Å². The third-order valence-electron chi connectivity index (χ3n) is 2.46. The Morgan fingerprint density at radius 3 is 2.25 bits per heavy atom. The molecule has 2 N–H and O–H groups in total. The SMILES string of the molecule is CCC(N)(CC)CCC(=O)OC.